The molecule has 4 nitrogen and oxygen atoms in total. The quantitative estimate of drug-likeness (QED) is 0.906. The number of likely N-dealkylation sites (tertiary alicyclic amines) is 2. The molecule has 2 fully saturated rings. The molecule has 1 N–H and O–H groups in total. The number of benzene rings is 1. The first-order valence-electron chi connectivity index (χ1n) is 9.29. The molecule has 1 atom stereocenters. The van der Waals surface area contributed by atoms with Crippen molar-refractivity contribution in [2.75, 3.05) is 39.0 Å². The number of nitrogens with one attached hydrogen (secondary N) is 1. The standard InChI is InChI=1S/C20H28N4S/c1-21-19-22-18(15-25-19)14-24-10-8-20(9-11-24)12-17(13-23(20)2)16-6-4-3-5-7-16/h3-7,15,17H,8-14H2,1-2H3,(H,21,22)/t17-/m1/s1. The Hall–Kier alpha value is -1.43. The summed E-state index contributed by atoms with van der Waals surface area (Å²) in [5.74, 6) is 0.689. The van der Waals surface area contributed by atoms with Crippen LogP contribution in [0.4, 0.5) is 5.13 Å². The number of anilines is 1. The lowest BCUT2D eigenvalue weighted by atomic mass is 9.81. The lowest BCUT2D eigenvalue weighted by Gasteiger charge is -2.43. The minimum absolute atomic E-state index is 0.398. The molecule has 0 aliphatic carbocycles. The van der Waals surface area contributed by atoms with Gasteiger partial charge in [-0.15, -0.1) is 11.3 Å². The van der Waals surface area contributed by atoms with E-state index >= 15 is 0 Å². The van der Waals surface area contributed by atoms with Gasteiger partial charge in [0.2, 0.25) is 0 Å². The number of hydrogen-bond acceptors (Lipinski definition) is 5. The molecule has 0 bridgehead atoms. The fourth-order valence-electron chi connectivity index (χ4n) is 4.59. The second kappa shape index (κ2) is 7.06. The highest BCUT2D eigenvalue weighted by atomic mass is 32.1. The summed E-state index contributed by atoms with van der Waals surface area (Å²) < 4.78 is 0. The topological polar surface area (TPSA) is 31.4 Å². The van der Waals surface area contributed by atoms with Gasteiger partial charge in [-0.05, 0) is 37.8 Å². The van der Waals surface area contributed by atoms with Gasteiger partial charge >= 0.3 is 0 Å². The minimum atomic E-state index is 0.398. The molecule has 0 amide bonds. The van der Waals surface area contributed by atoms with Gasteiger partial charge in [-0.2, -0.15) is 0 Å². The van der Waals surface area contributed by atoms with E-state index in [-0.39, 0.29) is 0 Å². The predicted molar refractivity (Wildman–Crippen MR) is 105 cm³/mol. The molecule has 0 unspecified atom stereocenters. The van der Waals surface area contributed by atoms with Gasteiger partial charge in [0.25, 0.3) is 0 Å². The van der Waals surface area contributed by atoms with Crippen molar-refractivity contribution in [2.45, 2.75) is 37.3 Å². The molecule has 25 heavy (non-hydrogen) atoms. The molecule has 3 heterocycles. The van der Waals surface area contributed by atoms with Crippen molar-refractivity contribution in [3.8, 4) is 0 Å². The highest BCUT2D eigenvalue weighted by Gasteiger charge is 2.45. The average molecular weight is 357 g/mol. The van der Waals surface area contributed by atoms with Gasteiger partial charge in [-0.3, -0.25) is 9.80 Å². The van der Waals surface area contributed by atoms with Crippen LogP contribution in [0, 0.1) is 0 Å². The first-order valence-corrected chi connectivity index (χ1v) is 10.2. The van der Waals surface area contributed by atoms with Crippen molar-refractivity contribution >= 4 is 16.5 Å². The first kappa shape index (κ1) is 17.0. The van der Waals surface area contributed by atoms with E-state index in [1.54, 1.807) is 11.3 Å². The van der Waals surface area contributed by atoms with Crippen LogP contribution in [0.1, 0.15) is 36.4 Å². The number of rotatable bonds is 4. The Bertz CT molecular complexity index is 691. The summed E-state index contributed by atoms with van der Waals surface area (Å²) in [5.41, 5.74) is 3.11. The molecule has 5 heteroatoms. The van der Waals surface area contributed by atoms with Gasteiger partial charge in [-0.1, -0.05) is 30.3 Å². The van der Waals surface area contributed by atoms with Crippen LogP contribution in [0.5, 0.6) is 0 Å². The zero-order valence-corrected chi connectivity index (χ0v) is 16.1. The number of nitrogens with zero attached hydrogens (tertiary/aromatic N) is 3. The molecular weight excluding hydrogens is 328 g/mol. The summed E-state index contributed by atoms with van der Waals surface area (Å²) in [6, 6.07) is 11.1. The number of hydrogen-bond donors (Lipinski definition) is 1. The second-order valence-electron chi connectivity index (χ2n) is 7.59. The third-order valence-electron chi connectivity index (χ3n) is 6.14. The fourth-order valence-corrected chi connectivity index (χ4v) is 5.25. The van der Waals surface area contributed by atoms with E-state index in [0.717, 1.165) is 11.7 Å². The van der Waals surface area contributed by atoms with Crippen LogP contribution in [0.25, 0.3) is 0 Å². The normalized spacial score (nSPS) is 24.0. The molecule has 2 aliphatic heterocycles. The maximum atomic E-state index is 4.63. The molecule has 4 rings (SSSR count). The van der Waals surface area contributed by atoms with Gasteiger partial charge < -0.3 is 5.32 Å². The molecule has 2 saturated heterocycles. The fraction of sp³-hybridized carbons (Fsp3) is 0.550. The van der Waals surface area contributed by atoms with E-state index in [9.17, 15) is 0 Å². The number of piperidine rings is 1. The van der Waals surface area contributed by atoms with Gasteiger partial charge in [0, 0.05) is 44.1 Å². The van der Waals surface area contributed by atoms with Crippen molar-refractivity contribution in [3.63, 3.8) is 0 Å². The lowest BCUT2D eigenvalue weighted by Crippen LogP contribution is -2.50. The number of likely N-dealkylation sites (N-methyl/N-ethyl adjacent to an activating group) is 1. The van der Waals surface area contributed by atoms with E-state index in [4.69, 9.17) is 0 Å². The summed E-state index contributed by atoms with van der Waals surface area (Å²) >= 11 is 1.70. The van der Waals surface area contributed by atoms with Crippen LogP contribution in [0.2, 0.25) is 0 Å². The summed E-state index contributed by atoms with van der Waals surface area (Å²) in [6.45, 7) is 4.54. The van der Waals surface area contributed by atoms with Crippen LogP contribution in [-0.2, 0) is 6.54 Å². The van der Waals surface area contributed by atoms with Gasteiger partial charge in [0.15, 0.2) is 5.13 Å². The molecule has 1 aromatic heterocycles. The Morgan fingerprint density at radius 2 is 2.00 bits per heavy atom. The van der Waals surface area contributed by atoms with Crippen LogP contribution in [-0.4, -0.2) is 54.1 Å². The van der Waals surface area contributed by atoms with E-state index in [1.807, 2.05) is 7.05 Å². The molecule has 0 saturated carbocycles. The monoisotopic (exact) mass is 356 g/mol. The smallest absolute Gasteiger partial charge is 0.182 e. The SMILES string of the molecule is CNc1nc(CN2CCC3(CC2)C[C@@H](c2ccccc2)CN3C)cs1. The third kappa shape index (κ3) is 3.46. The van der Waals surface area contributed by atoms with E-state index in [1.165, 1.54) is 50.2 Å². The van der Waals surface area contributed by atoms with Crippen LogP contribution in [0.3, 0.4) is 0 Å². The Kier molecular flexibility index (Phi) is 4.80. The van der Waals surface area contributed by atoms with E-state index < -0.39 is 0 Å². The molecule has 2 aliphatic rings. The van der Waals surface area contributed by atoms with E-state index in [2.05, 4.69) is 62.9 Å². The maximum absolute atomic E-state index is 4.63. The van der Waals surface area contributed by atoms with Crippen molar-refractivity contribution in [1.82, 2.24) is 14.8 Å². The van der Waals surface area contributed by atoms with Crippen LogP contribution < -0.4 is 5.32 Å². The second-order valence-corrected chi connectivity index (χ2v) is 8.44. The zero-order chi connectivity index (χ0) is 17.3. The van der Waals surface area contributed by atoms with Crippen molar-refractivity contribution in [2.24, 2.45) is 0 Å². The van der Waals surface area contributed by atoms with Crippen LogP contribution in [0.15, 0.2) is 35.7 Å². The summed E-state index contributed by atoms with van der Waals surface area (Å²) in [7, 11) is 4.27. The maximum Gasteiger partial charge on any atom is 0.182 e. The van der Waals surface area contributed by atoms with Gasteiger partial charge in [0.05, 0.1) is 5.69 Å². The summed E-state index contributed by atoms with van der Waals surface area (Å²) in [5, 5.41) is 6.33. The lowest BCUT2D eigenvalue weighted by molar-refractivity contribution is 0.0668. The molecule has 2 aromatic rings. The minimum Gasteiger partial charge on any atom is -0.365 e. The highest BCUT2D eigenvalue weighted by Crippen LogP contribution is 2.44. The summed E-state index contributed by atoms with van der Waals surface area (Å²) in [4.78, 5) is 9.85. The van der Waals surface area contributed by atoms with Crippen molar-refractivity contribution in [1.29, 1.82) is 0 Å². The molecular formula is C20H28N4S. The van der Waals surface area contributed by atoms with Crippen LogP contribution >= 0.6 is 11.3 Å². The molecule has 1 aromatic carbocycles. The Morgan fingerprint density at radius 3 is 2.68 bits per heavy atom. The average Bonchev–Trinajstić information content (AvgIpc) is 3.23. The van der Waals surface area contributed by atoms with Gasteiger partial charge in [0.1, 0.15) is 0 Å². The van der Waals surface area contributed by atoms with Gasteiger partial charge in [-0.25, -0.2) is 4.98 Å². The van der Waals surface area contributed by atoms with Crippen molar-refractivity contribution < 1.29 is 0 Å². The van der Waals surface area contributed by atoms with E-state index in [0.29, 0.717) is 11.5 Å². The predicted octanol–water partition coefficient (Wildman–Crippen LogP) is 3.64. The Morgan fingerprint density at radius 1 is 1.24 bits per heavy atom. The number of thiazole rings is 1. The van der Waals surface area contributed by atoms with Crippen molar-refractivity contribution in [3.05, 3.63) is 47.0 Å². The third-order valence-corrected chi connectivity index (χ3v) is 7.05. The zero-order valence-electron chi connectivity index (χ0n) is 15.2. The molecule has 0 radical (unpaired) electrons. The largest absolute Gasteiger partial charge is 0.365 e. The summed E-state index contributed by atoms with van der Waals surface area (Å²) in [6.07, 6.45) is 3.85. The molecule has 1 spiro atoms. The molecule has 134 valence electrons. The first-order chi connectivity index (χ1) is 12.2. The Balaban J connectivity index is 1.37. The number of aromatic nitrogens is 1. The highest BCUT2D eigenvalue weighted by molar-refractivity contribution is 7.13. The Labute approximate surface area is 154 Å².